The Morgan fingerprint density at radius 2 is 2.19 bits per heavy atom. The SMILES string of the molecule is Cc1cc(Cl)c(NC(C)c2cnn(C)c2)c2cccnc12. The third-order valence-electron chi connectivity index (χ3n) is 3.62. The van der Waals surface area contributed by atoms with Gasteiger partial charge in [-0.15, -0.1) is 0 Å². The molecule has 2 heterocycles. The predicted octanol–water partition coefficient (Wildman–Crippen LogP) is 4.10. The van der Waals surface area contributed by atoms with Crippen LogP contribution in [-0.4, -0.2) is 14.8 Å². The number of nitrogens with one attached hydrogen (secondary N) is 1. The first-order chi connectivity index (χ1) is 10.1. The van der Waals surface area contributed by atoms with Gasteiger partial charge in [0.05, 0.1) is 28.5 Å². The highest BCUT2D eigenvalue weighted by atomic mass is 35.5. The van der Waals surface area contributed by atoms with E-state index in [0.717, 1.165) is 27.7 Å². The fraction of sp³-hybridized carbons (Fsp3) is 0.250. The molecule has 1 N–H and O–H groups in total. The first-order valence-electron chi connectivity index (χ1n) is 6.85. The first-order valence-corrected chi connectivity index (χ1v) is 7.23. The molecule has 0 aliphatic rings. The third kappa shape index (κ3) is 2.59. The molecule has 0 saturated heterocycles. The van der Waals surface area contributed by atoms with E-state index in [9.17, 15) is 0 Å². The molecule has 0 aliphatic heterocycles. The van der Waals surface area contributed by atoms with Gasteiger partial charge in [0.1, 0.15) is 0 Å². The lowest BCUT2D eigenvalue weighted by Gasteiger charge is -2.18. The second kappa shape index (κ2) is 5.37. The number of fused-ring (bicyclic) bond motifs is 1. The van der Waals surface area contributed by atoms with Gasteiger partial charge in [-0.3, -0.25) is 9.67 Å². The van der Waals surface area contributed by atoms with Gasteiger partial charge in [-0.2, -0.15) is 5.10 Å². The molecule has 4 nitrogen and oxygen atoms in total. The number of anilines is 1. The number of rotatable bonds is 3. The minimum atomic E-state index is 0.113. The number of nitrogens with zero attached hydrogens (tertiary/aromatic N) is 3. The lowest BCUT2D eigenvalue weighted by Crippen LogP contribution is -2.07. The Morgan fingerprint density at radius 1 is 1.38 bits per heavy atom. The fourth-order valence-electron chi connectivity index (χ4n) is 2.49. The summed E-state index contributed by atoms with van der Waals surface area (Å²) in [5.41, 5.74) is 4.09. The summed E-state index contributed by atoms with van der Waals surface area (Å²) >= 11 is 6.43. The molecular weight excluding hydrogens is 284 g/mol. The first kappa shape index (κ1) is 13.9. The summed E-state index contributed by atoms with van der Waals surface area (Å²) < 4.78 is 1.80. The maximum absolute atomic E-state index is 6.43. The van der Waals surface area contributed by atoms with Crippen LogP contribution in [0.2, 0.25) is 5.02 Å². The fourth-order valence-corrected chi connectivity index (χ4v) is 2.81. The van der Waals surface area contributed by atoms with Crippen molar-refractivity contribution < 1.29 is 0 Å². The molecule has 3 aromatic rings. The van der Waals surface area contributed by atoms with E-state index in [1.54, 1.807) is 10.9 Å². The van der Waals surface area contributed by atoms with E-state index < -0.39 is 0 Å². The van der Waals surface area contributed by atoms with Crippen molar-refractivity contribution in [1.29, 1.82) is 0 Å². The van der Waals surface area contributed by atoms with E-state index in [1.807, 2.05) is 44.6 Å². The summed E-state index contributed by atoms with van der Waals surface area (Å²) in [6.07, 6.45) is 5.66. The van der Waals surface area contributed by atoms with E-state index in [4.69, 9.17) is 11.6 Å². The second-order valence-electron chi connectivity index (χ2n) is 5.26. The van der Waals surface area contributed by atoms with Crippen molar-refractivity contribution in [2.45, 2.75) is 19.9 Å². The summed E-state index contributed by atoms with van der Waals surface area (Å²) in [5.74, 6) is 0. The van der Waals surface area contributed by atoms with Gasteiger partial charge in [-0.1, -0.05) is 11.6 Å². The number of hydrogen-bond donors (Lipinski definition) is 1. The highest BCUT2D eigenvalue weighted by Crippen LogP contribution is 2.34. The van der Waals surface area contributed by atoms with Crippen LogP contribution in [0.5, 0.6) is 0 Å². The van der Waals surface area contributed by atoms with Crippen LogP contribution in [0.25, 0.3) is 10.9 Å². The van der Waals surface area contributed by atoms with Crippen LogP contribution in [0.4, 0.5) is 5.69 Å². The number of pyridine rings is 1. The molecule has 1 unspecified atom stereocenters. The quantitative estimate of drug-likeness (QED) is 0.792. The van der Waals surface area contributed by atoms with Gasteiger partial charge in [-0.25, -0.2) is 0 Å². The van der Waals surface area contributed by atoms with Gasteiger partial charge in [0.2, 0.25) is 0 Å². The standard InChI is InChI=1S/C16H17ClN4/c1-10-7-14(17)16(13-5-4-6-18-15(10)13)20-11(2)12-8-19-21(3)9-12/h4-9,11,20H,1-3H3. The van der Waals surface area contributed by atoms with Gasteiger partial charge in [0.15, 0.2) is 0 Å². The number of aryl methyl sites for hydroxylation is 2. The topological polar surface area (TPSA) is 42.7 Å². The van der Waals surface area contributed by atoms with Gasteiger partial charge in [-0.05, 0) is 37.6 Å². The van der Waals surface area contributed by atoms with Gasteiger partial charge >= 0.3 is 0 Å². The van der Waals surface area contributed by atoms with Crippen molar-refractivity contribution in [1.82, 2.24) is 14.8 Å². The monoisotopic (exact) mass is 300 g/mol. The van der Waals surface area contributed by atoms with Crippen LogP contribution in [0.15, 0.2) is 36.8 Å². The molecule has 3 rings (SSSR count). The summed E-state index contributed by atoms with van der Waals surface area (Å²) in [4.78, 5) is 4.45. The Hall–Kier alpha value is -2.07. The molecule has 0 spiro atoms. The van der Waals surface area contributed by atoms with Crippen molar-refractivity contribution in [3.05, 3.63) is 52.9 Å². The highest BCUT2D eigenvalue weighted by Gasteiger charge is 2.14. The van der Waals surface area contributed by atoms with E-state index >= 15 is 0 Å². The zero-order valence-corrected chi connectivity index (χ0v) is 13.0. The van der Waals surface area contributed by atoms with Crippen molar-refractivity contribution in [3.63, 3.8) is 0 Å². The van der Waals surface area contributed by atoms with Crippen molar-refractivity contribution in [3.8, 4) is 0 Å². The Balaban J connectivity index is 2.04. The maximum atomic E-state index is 6.43. The van der Waals surface area contributed by atoms with Crippen molar-refractivity contribution in [2.75, 3.05) is 5.32 Å². The van der Waals surface area contributed by atoms with Crippen LogP contribution in [0, 0.1) is 6.92 Å². The molecule has 0 aliphatic carbocycles. The number of aromatic nitrogens is 3. The zero-order valence-electron chi connectivity index (χ0n) is 12.3. The summed E-state index contributed by atoms with van der Waals surface area (Å²) in [7, 11) is 1.91. The largest absolute Gasteiger partial charge is 0.377 e. The lowest BCUT2D eigenvalue weighted by atomic mass is 10.1. The second-order valence-corrected chi connectivity index (χ2v) is 5.67. The molecular formula is C16H17ClN4. The number of halogens is 1. The molecule has 0 saturated carbocycles. The predicted molar refractivity (Wildman–Crippen MR) is 86.7 cm³/mol. The maximum Gasteiger partial charge on any atom is 0.0752 e. The molecule has 0 fully saturated rings. The van der Waals surface area contributed by atoms with Crippen molar-refractivity contribution in [2.24, 2.45) is 7.05 Å². The molecule has 2 aromatic heterocycles. The summed E-state index contributed by atoms with van der Waals surface area (Å²) in [5, 5.41) is 9.45. The third-order valence-corrected chi connectivity index (χ3v) is 3.92. The molecule has 108 valence electrons. The van der Waals surface area contributed by atoms with Crippen molar-refractivity contribution >= 4 is 28.2 Å². The average Bonchev–Trinajstić information content (AvgIpc) is 2.90. The van der Waals surface area contributed by atoms with Crippen LogP contribution in [0.1, 0.15) is 24.1 Å². The molecule has 1 aromatic carbocycles. The van der Waals surface area contributed by atoms with Gasteiger partial charge in [0.25, 0.3) is 0 Å². The molecule has 0 radical (unpaired) electrons. The van der Waals surface area contributed by atoms with Gasteiger partial charge in [0, 0.05) is 30.4 Å². The number of hydrogen-bond acceptors (Lipinski definition) is 3. The number of benzene rings is 1. The highest BCUT2D eigenvalue weighted by molar-refractivity contribution is 6.35. The normalized spacial score (nSPS) is 12.6. The summed E-state index contributed by atoms with van der Waals surface area (Å²) in [6, 6.07) is 6.04. The Kier molecular flexibility index (Phi) is 3.55. The van der Waals surface area contributed by atoms with E-state index in [1.165, 1.54) is 0 Å². The Morgan fingerprint density at radius 3 is 2.90 bits per heavy atom. The smallest absolute Gasteiger partial charge is 0.0752 e. The zero-order chi connectivity index (χ0) is 15.0. The van der Waals surface area contributed by atoms with Crippen LogP contribution in [-0.2, 0) is 7.05 Å². The van der Waals surface area contributed by atoms with Gasteiger partial charge < -0.3 is 5.32 Å². The van der Waals surface area contributed by atoms with E-state index in [2.05, 4.69) is 22.3 Å². The lowest BCUT2D eigenvalue weighted by molar-refractivity contribution is 0.765. The minimum absolute atomic E-state index is 0.113. The van der Waals surface area contributed by atoms with Crippen LogP contribution < -0.4 is 5.32 Å². The van der Waals surface area contributed by atoms with Crippen LogP contribution >= 0.6 is 11.6 Å². The molecule has 21 heavy (non-hydrogen) atoms. The molecule has 1 atom stereocenters. The molecule has 5 heteroatoms. The van der Waals surface area contributed by atoms with E-state index in [-0.39, 0.29) is 6.04 Å². The average molecular weight is 301 g/mol. The van der Waals surface area contributed by atoms with Crippen LogP contribution in [0.3, 0.4) is 0 Å². The minimum Gasteiger partial charge on any atom is -0.377 e. The molecule has 0 bridgehead atoms. The molecule has 0 amide bonds. The summed E-state index contributed by atoms with van der Waals surface area (Å²) in [6.45, 7) is 4.12. The van der Waals surface area contributed by atoms with E-state index in [0.29, 0.717) is 5.02 Å². The Labute approximate surface area is 128 Å². The Bertz CT molecular complexity index is 794.